The molecule has 1 aliphatic heterocycles. The Balaban J connectivity index is 2.07. The normalized spacial score (nSPS) is 14.9. The van der Waals surface area contributed by atoms with Gasteiger partial charge in [-0.2, -0.15) is 0 Å². The van der Waals surface area contributed by atoms with Crippen molar-refractivity contribution in [3.8, 4) is 11.5 Å². The molecule has 0 spiro atoms. The Morgan fingerprint density at radius 1 is 0.905 bits per heavy atom. The van der Waals surface area contributed by atoms with Crippen LogP contribution in [0.3, 0.4) is 0 Å². The Kier molecular flexibility index (Phi) is 3.60. The molecule has 110 valence electrons. The standard InChI is InChI=1S/C18H20O3/c1-11-9-13(3)15(10-12(11)2)17(19)14-5-4-6-16-18(14)21-8-7-20-16/h4-6,9-10,17,19H,7-8H2,1-3H3. The first-order valence-electron chi connectivity index (χ1n) is 7.22. The van der Waals surface area contributed by atoms with Crippen molar-refractivity contribution in [1.29, 1.82) is 0 Å². The molecule has 2 aromatic rings. The summed E-state index contributed by atoms with van der Waals surface area (Å²) in [6.45, 7) is 7.24. The lowest BCUT2D eigenvalue weighted by Gasteiger charge is -2.24. The Hall–Kier alpha value is -2.00. The van der Waals surface area contributed by atoms with Gasteiger partial charge < -0.3 is 14.6 Å². The molecule has 0 bridgehead atoms. The predicted octanol–water partition coefficient (Wildman–Crippen LogP) is 3.46. The van der Waals surface area contributed by atoms with E-state index in [-0.39, 0.29) is 0 Å². The number of fused-ring (bicyclic) bond motifs is 1. The van der Waals surface area contributed by atoms with Gasteiger partial charge in [0, 0.05) is 5.56 Å². The molecule has 2 aromatic carbocycles. The average molecular weight is 284 g/mol. The largest absolute Gasteiger partial charge is 0.486 e. The van der Waals surface area contributed by atoms with Crippen LogP contribution in [0, 0.1) is 20.8 Å². The second-order valence-electron chi connectivity index (χ2n) is 5.57. The zero-order valence-corrected chi connectivity index (χ0v) is 12.6. The first-order chi connectivity index (χ1) is 10.1. The molecule has 0 aliphatic carbocycles. The number of hydrogen-bond donors (Lipinski definition) is 1. The smallest absolute Gasteiger partial charge is 0.167 e. The molecule has 1 aliphatic rings. The Labute approximate surface area is 125 Å². The highest BCUT2D eigenvalue weighted by Gasteiger charge is 2.23. The number of para-hydroxylation sites is 1. The van der Waals surface area contributed by atoms with Crippen molar-refractivity contribution in [2.75, 3.05) is 13.2 Å². The fourth-order valence-corrected chi connectivity index (χ4v) is 2.76. The quantitative estimate of drug-likeness (QED) is 0.917. The van der Waals surface area contributed by atoms with Gasteiger partial charge in [0.15, 0.2) is 11.5 Å². The summed E-state index contributed by atoms with van der Waals surface area (Å²) in [6, 6.07) is 9.83. The van der Waals surface area contributed by atoms with Crippen molar-refractivity contribution in [3.63, 3.8) is 0 Å². The maximum Gasteiger partial charge on any atom is 0.167 e. The molecule has 0 radical (unpaired) electrons. The van der Waals surface area contributed by atoms with Crippen LogP contribution >= 0.6 is 0 Å². The van der Waals surface area contributed by atoms with Crippen molar-refractivity contribution in [1.82, 2.24) is 0 Å². The second-order valence-corrected chi connectivity index (χ2v) is 5.57. The summed E-state index contributed by atoms with van der Waals surface area (Å²) in [5, 5.41) is 10.8. The topological polar surface area (TPSA) is 38.7 Å². The molecule has 21 heavy (non-hydrogen) atoms. The van der Waals surface area contributed by atoms with Gasteiger partial charge in [-0.1, -0.05) is 24.3 Å². The Morgan fingerprint density at radius 3 is 2.43 bits per heavy atom. The summed E-state index contributed by atoms with van der Waals surface area (Å²) in [7, 11) is 0. The van der Waals surface area contributed by atoms with Gasteiger partial charge in [-0.05, 0) is 49.1 Å². The molecule has 0 amide bonds. The van der Waals surface area contributed by atoms with E-state index in [1.807, 2.05) is 25.1 Å². The molecule has 1 unspecified atom stereocenters. The van der Waals surface area contributed by atoms with Gasteiger partial charge >= 0.3 is 0 Å². The summed E-state index contributed by atoms with van der Waals surface area (Å²) in [4.78, 5) is 0. The number of aliphatic hydroxyl groups excluding tert-OH is 1. The number of hydrogen-bond acceptors (Lipinski definition) is 3. The van der Waals surface area contributed by atoms with Crippen LogP contribution in [0.25, 0.3) is 0 Å². The van der Waals surface area contributed by atoms with Crippen molar-refractivity contribution in [2.45, 2.75) is 26.9 Å². The molecule has 0 saturated heterocycles. The Morgan fingerprint density at radius 2 is 1.62 bits per heavy atom. The van der Waals surface area contributed by atoms with E-state index in [9.17, 15) is 5.11 Å². The molecule has 1 atom stereocenters. The van der Waals surface area contributed by atoms with E-state index < -0.39 is 6.10 Å². The highest BCUT2D eigenvalue weighted by atomic mass is 16.6. The monoisotopic (exact) mass is 284 g/mol. The SMILES string of the molecule is Cc1cc(C)c(C(O)c2cccc3c2OCCO3)cc1C. The minimum atomic E-state index is -0.707. The number of benzene rings is 2. The molecule has 3 rings (SSSR count). The van der Waals surface area contributed by atoms with Crippen LogP contribution in [0.4, 0.5) is 0 Å². The first kappa shape index (κ1) is 14.0. The van der Waals surface area contributed by atoms with Gasteiger partial charge in [0.2, 0.25) is 0 Å². The van der Waals surface area contributed by atoms with E-state index in [1.165, 1.54) is 11.1 Å². The number of aliphatic hydroxyl groups is 1. The lowest BCUT2D eigenvalue weighted by Crippen LogP contribution is -2.17. The van der Waals surface area contributed by atoms with Crippen LogP contribution in [0.15, 0.2) is 30.3 Å². The summed E-state index contributed by atoms with van der Waals surface area (Å²) in [6.07, 6.45) is -0.707. The van der Waals surface area contributed by atoms with E-state index in [1.54, 1.807) is 0 Å². The molecular weight excluding hydrogens is 264 g/mol. The highest BCUT2D eigenvalue weighted by molar-refractivity contribution is 5.52. The fourth-order valence-electron chi connectivity index (χ4n) is 2.76. The number of aryl methyl sites for hydroxylation is 3. The summed E-state index contributed by atoms with van der Waals surface area (Å²) >= 11 is 0. The molecule has 3 heteroatoms. The van der Waals surface area contributed by atoms with Crippen LogP contribution in [-0.4, -0.2) is 18.3 Å². The molecule has 1 N–H and O–H groups in total. The molecule has 1 heterocycles. The summed E-state index contributed by atoms with van der Waals surface area (Å²) in [5.74, 6) is 1.37. The van der Waals surface area contributed by atoms with E-state index in [4.69, 9.17) is 9.47 Å². The van der Waals surface area contributed by atoms with Crippen LogP contribution in [0.2, 0.25) is 0 Å². The van der Waals surface area contributed by atoms with Gasteiger partial charge in [0.05, 0.1) is 0 Å². The minimum absolute atomic E-state index is 0.517. The van der Waals surface area contributed by atoms with Gasteiger partial charge in [0.25, 0.3) is 0 Å². The zero-order valence-electron chi connectivity index (χ0n) is 12.6. The highest BCUT2D eigenvalue weighted by Crippen LogP contribution is 2.39. The van der Waals surface area contributed by atoms with E-state index in [0.29, 0.717) is 24.7 Å². The summed E-state index contributed by atoms with van der Waals surface area (Å²) in [5.41, 5.74) is 5.17. The van der Waals surface area contributed by atoms with Gasteiger partial charge in [-0.25, -0.2) is 0 Å². The lowest BCUT2D eigenvalue weighted by atomic mass is 9.93. The Bertz CT molecular complexity index is 676. The average Bonchev–Trinajstić information content (AvgIpc) is 2.49. The van der Waals surface area contributed by atoms with E-state index >= 15 is 0 Å². The van der Waals surface area contributed by atoms with Crippen LogP contribution < -0.4 is 9.47 Å². The maximum atomic E-state index is 10.8. The van der Waals surface area contributed by atoms with Crippen LogP contribution in [0.1, 0.15) is 33.9 Å². The van der Waals surface area contributed by atoms with Gasteiger partial charge in [-0.3, -0.25) is 0 Å². The summed E-state index contributed by atoms with van der Waals surface area (Å²) < 4.78 is 11.3. The molecule has 0 saturated carbocycles. The lowest BCUT2D eigenvalue weighted by molar-refractivity contribution is 0.158. The zero-order chi connectivity index (χ0) is 15.0. The third-order valence-electron chi connectivity index (χ3n) is 4.07. The molecule has 0 aromatic heterocycles. The van der Waals surface area contributed by atoms with Gasteiger partial charge in [0.1, 0.15) is 19.3 Å². The first-order valence-corrected chi connectivity index (χ1v) is 7.22. The van der Waals surface area contributed by atoms with Crippen LogP contribution in [-0.2, 0) is 0 Å². The van der Waals surface area contributed by atoms with Crippen molar-refractivity contribution in [2.24, 2.45) is 0 Å². The van der Waals surface area contributed by atoms with Gasteiger partial charge in [-0.15, -0.1) is 0 Å². The predicted molar refractivity (Wildman–Crippen MR) is 82.1 cm³/mol. The van der Waals surface area contributed by atoms with Crippen molar-refractivity contribution >= 4 is 0 Å². The van der Waals surface area contributed by atoms with Crippen molar-refractivity contribution < 1.29 is 14.6 Å². The molecular formula is C18H20O3. The number of rotatable bonds is 2. The second kappa shape index (κ2) is 5.41. The molecule has 3 nitrogen and oxygen atoms in total. The fraction of sp³-hybridized carbons (Fsp3) is 0.333. The van der Waals surface area contributed by atoms with E-state index in [0.717, 1.165) is 16.7 Å². The number of ether oxygens (including phenoxy) is 2. The maximum absolute atomic E-state index is 10.8. The molecule has 0 fully saturated rings. The third-order valence-corrected chi connectivity index (χ3v) is 4.07. The van der Waals surface area contributed by atoms with E-state index in [2.05, 4.69) is 26.0 Å². The van der Waals surface area contributed by atoms with Crippen molar-refractivity contribution in [3.05, 3.63) is 58.1 Å². The van der Waals surface area contributed by atoms with Crippen LogP contribution in [0.5, 0.6) is 11.5 Å². The third kappa shape index (κ3) is 2.49. The minimum Gasteiger partial charge on any atom is -0.486 e.